The van der Waals surface area contributed by atoms with Gasteiger partial charge >= 0.3 is 12.2 Å². The Morgan fingerprint density at radius 1 is 1.16 bits per heavy atom. The highest BCUT2D eigenvalue weighted by atomic mass is 19.4. The molecule has 5 N–H and O–H groups in total. The number of nitrogens with one attached hydrogen (secondary N) is 1. The molecular weight excluding hydrogens is 333 g/mol. The number of benzene rings is 2. The minimum Gasteiger partial charge on any atom is -0.351 e. The highest BCUT2D eigenvalue weighted by Crippen LogP contribution is 2.35. The number of carbonyl (C=O) groups is 1. The predicted molar refractivity (Wildman–Crippen MR) is 88.3 cm³/mol. The lowest BCUT2D eigenvalue weighted by atomic mass is 9.93. The molecule has 2 aromatic rings. The molecule has 0 bridgehead atoms. The minimum atomic E-state index is -4.43. The number of hydrogen-bond acceptors (Lipinski definition) is 3. The van der Waals surface area contributed by atoms with E-state index in [-0.39, 0.29) is 5.84 Å². The van der Waals surface area contributed by atoms with Gasteiger partial charge in [-0.15, -0.1) is 0 Å². The van der Waals surface area contributed by atoms with Crippen molar-refractivity contribution in [1.29, 1.82) is 5.41 Å². The summed E-state index contributed by atoms with van der Waals surface area (Å²) in [4.78, 5) is 12.6. The van der Waals surface area contributed by atoms with Crippen molar-refractivity contribution in [3.05, 3.63) is 53.6 Å². The molecule has 0 saturated heterocycles. The molecule has 0 saturated carbocycles. The van der Waals surface area contributed by atoms with Crippen molar-refractivity contribution in [1.82, 2.24) is 0 Å². The number of nitrogens with two attached hydrogens (primary N) is 2. The van der Waals surface area contributed by atoms with Gasteiger partial charge in [-0.3, -0.25) is 5.41 Å². The van der Waals surface area contributed by atoms with Gasteiger partial charge in [0.25, 0.3) is 0 Å². The van der Waals surface area contributed by atoms with E-state index in [1.165, 1.54) is 6.07 Å². The van der Waals surface area contributed by atoms with Gasteiger partial charge in [-0.2, -0.15) is 13.2 Å². The molecule has 1 aliphatic heterocycles. The summed E-state index contributed by atoms with van der Waals surface area (Å²) in [6.07, 6.45) is -4.13. The van der Waals surface area contributed by atoms with Crippen molar-refractivity contribution in [2.75, 3.05) is 4.90 Å². The maximum Gasteiger partial charge on any atom is 0.416 e. The van der Waals surface area contributed by atoms with Gasteiger partial charge < -0.3 is 11.5 Å². The third-order valence-electron chi connectivity index (χ3n) is 4.10. The van der Waals surface area contributed by atoms with Crippen LogP contribution >= 0.6 is 0 Å². The van der Waals surface area contributed by atoms with Crippen molar-refractivity contribution in [2.24, 2.45) is 11.5 Å². The first-order valence-corrected chi connectivity index (χ1v) is 7.42. The highest BCUT2D eigenvalue weighted by molar-refractivity contribution is 6.18. The van der Waals surface area contributed by atoms with Crippen LogP contribution in [0, 0.1) is 5.41 Å². The average Bonchev–Trinajstić information content (AvgIpc) is 2.54. The zero-order valence-corrected chi connectivity index (χ0v) is 13.0. The lowest BCUT2D eigenvalue weighted by Gasteiger charge is -2.32. The molecule has 1 heterocycles. The fraction of sp³-hybridized carbons (Fsp3) is 0.176. The quantitative estimate of drug-likeness (QED) is 0.738. The van der Waals surface area contributed by atoms with Crippen LogP contribution in [-0.2, 0) is 12.6 Å². The Hall–Kier alpha value is -2.87. The Balaban J connectivity index is 2.07. The summed E-state index contributed by atoms with van der Waals surface area (Å²) in [6.45, 7) is 0. The van der Waals surface area contributed by atoms with Gasteiger partial charge in [0, 0.05) is 0 Å². The average molecular weight is 348 g/mol. The van der Waals surface area contributed by atoms with Gasteiger partial charge in [0.15, 0.2) is 0 Å². The lowest BCUT2D eigenvalue weighted by molar-refractivity contribution is -0.137. The minimum absolute atomic E-state index is 0.105. The monoisotopic (exact) mass is 348 g/mol. The van der Waals surface area contributed by atoms with Crippen LogP contribution < -0.4 is 16.4 Å². The molecule has 0 radical (unpaired) electrons. The van der Waals surface area contributed by atoms with Crippen LogP contribution in [0.2, 0.25) is 0 Å². The summed E-state index contributed by atoms with van der Waals surface area (Å²) in [7, 11) is 0. The normalized spacial score (nSPS) is 17.4. The second-order valence-electron chi connectivity index (χ2n) is 5.79. The molecule has 1 aliphatic rings. The zero-order chi connectivity index (χ0) is 18.4. The second-order valence-corrected chi connectivity index (χ2v) is 5.79. The largest absolute Gasteiger partial charge is 0.416 e. The van der Waals surface area contributed by atoms with Crippen LogP contribution in [0.3, 0.4) is 0 Å². The number of amidine groups is 1. The third kappa shape index (κ3) is 3.08. The molecule has 25 heavy (non-hydrogen) atoms. The van der Waals surface area contributed by atoms with Crippen LogP contribution in [0.1, 0.15) is 11.1 Å². The molecule has 0 spiro atoms. The number of urea groups is 1. The second kappa shape index (κ2) is 5.89. The Bertz CT molecular complexity index is 863. The molecule has 1 unspecified atom stereocenters. The highest BCUT2D eigenvalue weighted by Gasteiger charge is 2.32. The van der Waals surface area contributed by atoms with Gasteiger partial charge in [-0.25, -0.2) is 9.69 Å². The number of alkyl halides is 3. The number of hydrogen-bond donors (Lipinski definition) is 3. The zero-order valence-electron chi connectivity index (χ0n) is 13.0. The topological polar surface area (TPSA) is 96.2 Å². The van der Waals surface area contributed by atoms with E-state index in [1.807, 2.05) is 0 Å². The molecule has 2 aromatic carbocycles. The summed E-state index contributed by atoms with van der Waals surface area (Å²) in [5, 5.41) is 7.90. The smallest absolute Gasteiger partial charge is 0.351 e. The van der Waals surface area contributed by atoms with Crippen molar-refractivity contribution < 1.29 is 18.0 Å². The van der Waals surface area contributed by atoms with E-state index in [0.29, 0.717) is 28.8 Å². The molecule has 2 amide bonds. The van der Waals surface area contributed by atoms with Gasteiger partial charge in [0.2, 0.25) is 0 Å². The van der Waals surface area contributed by atoms with Crippen LogP contribution in [0.5, 0.6) is 0 Å². The van der Waals surface area contributed by atoms with Crippen molar-refractivity contribution in [3.63, 3.8) is 0 Å². The molecule has 8 heteroatoms. The van der Waals surface area contributed by atoms with Crippen LogP contribution in [-0.4, -0.2) is 17.9 Å². The predicted octanol–water partition coefficient (Wildman–Crippen LogP) is 3.12. The van der Waals surface area contributed by atoms with Crippen molar-refractivity contribution in [3.8, 4) is 11.1 Å². The van der Waals surface area contributed by atoms with E-state index >= 15 is 0 Å². The Labute approximate surface area is 141 Å². The number of anilines is 1. The van der Waals surface area contributed by atoms with E-state index in [1.54, 1.807) is 24.3 Å². The molecule has 0 fully saturated rings. The summed E-state index contributed by atoms with van der Waals surface area (Å²) >= 11 is 0. The number of halogens is 3. The first-order valence-electron chi connectivity index (χ1n) is 7.42. The summed E-state index contributed by atoms with van der Waals surface area (Å²) < 4.78 is 38.7. The van der Waals surface area contributed by atoms with Crippen LogP contribution in [0.15, 0.2) is 42.5 Å². The molecule has 5 nitrogen and oxygen atoms in total. The van der Waals surface area contributed by atoms with Crippen LogP contribution in [0.25, 0.3) is 11.1 Å². The van der Waals surface area contributed by atoms with Crippen molar-refractivity contribution >= 4 is 17.6 Å². The molecule has 0 aromatic heterocycles. The van der Waals surface area contributed by atoms with Crippen LogP contribution in [0.4, 0.5) is 23.7 Å². The summed E-state index contributed by atoms with van der Waals surface area (Å²) in [5.41, 5.74) is 12.5. The van der Waals surface area contributed by atoms with E-state index in [0.717, 1.165) is 17.0 Å². The van der Waals surface area contributed by atoms with Gasteiger partial charge in [-0.05, 0) is 47.4 Å². The number of fused-ring (bicyclic) bond motifs is 1. The number of rotatable bonds is 1. The first-order chi connectivity index (χ1) is 11.7. The molecular formula is C17H15F3N4O. The fourth-order valence-corrected chi connectivity index (χ4v) is 2.89. The lowest BCUT2D eigenvalue weighted by Crippen LogP contribution is -2.52. The Kier molecular flexibility index (Phi) is 4.00. The Morgan fingerprint density at radius 3 is 2.48 bits per heavy atom. The number of amides is 2. The van der Waals surface area contributed by atoms with Gasteiger partial charge in [0.1, 0.15) is 5.84 Å². The number of nitrogens with zero attached hydrogens (tertiary/aromatic N) is 1. The maximum atomic E-state index is 12.9. The number of primary amides is 1. The Morgan fingerprint density at radius 2 is 1.84 bits per heavy atom. The SMILES string of the molecule is N=C1C(N)Cc2cc(-c3cccc(C(F)(F)F)c3)ccc2N1C(N)=O. The maximum absolute atomic E-state index is 12.9. The molecule has 1 atom stereocenters. The van der Waals surface area contributed by atoms with Gasteiger partial charge in [0.05, 0.1) is 17.3 Å². The molecule has 130 valence electrons. The van der Waals surface area contributed by atoms with E-state index < -0.39 is 23.8 Å². The standard InChI is InChI=1S/C17H15F3N4O/c18-17(19,20)12-3-1-2-9(7-12)10-4-5-14-11(6-10)8-13(21)15(22)24(14)16(23)25/h1-7,13,22H,8,21H2,(H2,23,25). The van der Waals surface area contributed by atoms with E-state index in [4.69, 9.17) is 16.9 Å². The molecule has 3 rings (SSSR count). The molecule has 0 aliphatic carbocycles. The van der Waals surface area contributed by atoms with Crippen molar-refractivity contribution in [2.45, 2.75) is 18.6 Å². The van der Waals surface area contributed by atoms with E-state index in [2.05, 4.69) is 0 Å². The fourth-order valence-electron chi connectivity index (χ4n) is 2.89. The van der Waals surface area contributed by atoms with E-state index in [9.17, 15) is 18.0 Å². The first kappa shape index (κ1) is 17.0. The number of carbonyl (C=O) groups excluding carboxylic acids is 1. The van der Waals surface area contributed by atoms with Gasteiger partial charge in [-0.1, -0.05) is 18.2 Å². The summed E-state index contributed by atoms with van der Waals surface area (Å²) in [6, 6.07) is 8.29. The third-order valence-corrected chi connectivity index (χ3v) is 4.10. The summed E-state index contributed by atoms with van der Waals surface area (Å²) in [5.74, 6) is -0.105.